The van der Waals surface area contributed by atoms with Gasteiger partial charge >= 0.3 is 0 Å². The molecule has 0 bridgehead atoms. The molecule has 3 heteroatoms. The van der Waals surface area contributed by atoms with Crippen molar-refractivity contribution in [3.63, 3.8) is 0 Å². The molecule has 0 saturated heterocycles. The van der Waals surface area contributed by atoms with E-state index in [0.29, 0.717) is 12.6 Å². The highest BCUT2D eigenvalue weighted by molar-refractivity contribution is 5.43. The lowest BCUT2D eigenvalue weighted by molar-refractivity contribution is 0.310. The number of ether oxygens (including phenoxy) is 2. The fourth-order valence-corrected chi connectivity index (χ4v) is 2.23. The lowest BCUT2D eigenvalue weighted by Gasteiger charge is -2.15. The zero-order valence-electron chi connectivity index (χ0n) is 12.9. The molecule has 0 heterocycles. The molecule has 2 aromatic rings. The molecule has 2 rings (SSSR count). The lowest BCUT2D eigenvalue weighted by atomic mass is 10.1. The van der Waals surface area contributed by atoms with Crippen LogP contribution in [0.4, 0.5) is 0 Å². The minimum atomic E-state index is 0.309. The van der Waals surface area contributed by atoms with Crippen LogP contribution < -0.4 is 14.8 Å². The molecule has 0 radical (unpaired) electrons. The minimum Gasteiger partial charge on any atom is -0.493 e. The highest BCUT2D eigenvalue weighted by Gasteiger charge is 2.07. The number of methoxy groups -OCH3 is 1. The molecular weight excluding hydrogens is 262 g/mol. The van der Waals surface area contributed by atoms with E-state index in [1.165, 1.54) is 11.1 Å². The van der Waals surface area contributed by atoms with E-state index in [1.807, 2.05) is 25.1 Å². The number of hydrogen-bond acceptors (Lipinski definition) is 3. The van der Waals surface area contributed by atoms with Gasteiger partial charge in [-0.15, -0.1) is 0 Å². The standard InChI is InChI=1S/C18H23NO2/c1-4-21-18-12-15(10-11-17(18)20-3)13-19-14(2)16-8-6-5-7-9-16/h5-12,14,19H,4,13H2,1-3H3. The first-order valence-corrected chi connectivity index (χ1v) is 7.32. The zero-order valence-corrected chi connectivity index (χ0v) is 12.9. The molecule has 21 heavy (non-hydrogen) atoms. The second kappa shape index (κ2) is 7.70. The van der Waals surface area contributed by atoms with Crippen LogP contribution in [-0.2, 0) is 6.54 Å². The largest absolute Gasteiger partial charge is 0.493 e. The predicted molar refractivity (Wildman–Crippen MR) is 85.9 cm³/mol. The Morgan fingerprint density at radius 3 is 2.48 bits per heavy atom. The van der Waals surface area contributed by atoms with Crippen molar-refractivity contribution in [1.29, 1.82) is 0 Å². The molecule has 0 saturated carbocycles. The van der Waals surface area contributed by atoms with Crippen LogP contribution in [0.15, 0.2) is 48.5 Å². The van der Waals surface area contributed by atoms with Crippen molar-refractivity contribution in [2.75, 3.05) is 13.7 Å². The normalized spacial score (nSPS) is 12.0. The summed E-state index contributed by atoms with van der Waals surface area (Å²) in [5, 5.41) is 3.53. The quantitative estimate of drug-likeness (QED) is 0.835. The minimum absolute atomic E-state index is 0.309. The molecule has 0 fully saturated rings. The number of rotatable bonds is 7. The summed E-state index contributed by atoms with van der Waals surface area (Å²) in [6.45, 7) is 5.57. The Bertz CT molecular complexity index is 554. The second-order valence-electron chi connectivity index (χ2n) is 4.93. The van der Waals surface area contributed by atoms with Crippen molar-refractivity contribution in [3.8, 4) is 11.5 Å². The first-order chi connectivity index (χ1) is 10.2. The highest BCUT2D eigenvalue weighted by Crippen LogP contribution is 2.28. The van der Waals surface area contributed by atoms with Crippen LogP contribution in [0.25, 0.3) is 0 Å². The molecule has 0 aliphatic rings. The van der Waals surface area contributed by atoms with E-state index in [4.69, 9.17) is 9.47 Å². The smallest absolute Gasteiger partial charge is 0.161 e. The lowest BCUT2D eigenvalue weighted by Crippen LogP contribution is -2.18. The SMILES string of the molecule is CCOc1cc(CNC(C)c2ccccc2)ccc1OC. The van der Waals surface area contributed by atoms with Crippen LogP contribution in [-0.4, -0.2) is 13.7 Å². The third kappa shape index (κ3) is 4.23. The van der Waals surface area contributed by atoms with E-state index in [0.717, 1.165) is 18.0 Å². The van der Waals surface area contributed by atoms with Crippen LogP contribution in [0.5, 0.6) is 11.5 Å². The Balaban J connectivity index is 2.01. The summed E-state index contributed by atoms with van der Waals surface area (Å²) in [5.74, 6) is 1.57. The Hall–Kier alpha value is -2.00. The first-order valence-electron chi connectivity index (χ1n) is 7.32. The topological polar surface area (TPSA) is 30.5 Å². The van der Waals surface area contributed by atoms with E-state index in [-0.39, 0.29) is 0 Å². The summed E-state index contributed by atoms with van der Waals surface area (Å²) in [6.07, 6.45) is 0. The summed E-state index contributed by atoms with van der Waals surface area (Å²) in [6, 6.07) is 16.8. The van der Waals surface area contributed by atoms with Crippen molar-refractivity contribution in [1.82, 2.24) is 5.32 Å². The summed E-state index contributed by atoms with van der Waals surface area (Å²) in [5.41, 5.74) is 2.47. The van der Waals surface area contributed by atoms with Gasteiger partial charge in [-0.05, 0) is 37.1 Å². The summed E-state index contributed by atoms with van der Waals surface area (Å²) in [4.78, 5) is 0. The van der Waals surface area contributed by atoms with Gasteiger partial charge in [-0.1, -0.05) is 36.4 Å². The molecule has 3 nitrogen and oxygen atoms in total. The predicted octanol–water partition coefficient (Wildman–Crippen LogP) is 3.94. The van der Waals surface area contributed by atoms with Gasteiger partial charge in [0, 0.05) is 12.6 Å². The molecule has 0 aliphatic heterocycles. The maximum atomic E-state index is 5.61. The molecule has 0 aromatic heterocycles. The van der Waals surface area contributed by atoms with Gasteiger partial charge in [-0.25, -0.2) is 0 Å². The van der Waals surface area contributed by atoms with E-state index < -0.39 is 0 Å². The highest BCUT2D eigenvalue weighted by atomic mass is 16.5. The number of nitrogens with one attached hydrogen (secondary N) is 1. The molecule has 0 spiro atoms. The van der Waals surface area contributed by atoms with E-state index >= 15 is 0 Å². The Labute approximate surface area is 126 Å². The average Bonchev–Trinajstić information content (AvgIpc) is 2.54. The monoisotopic (exact) mass is 285 g/mol. The maximum Gasteiger partial charge on any atom is 0.161 e. The van der Waals surface area contributed by atoms with E-state index in [9.17, 15) is 0 Å². The summed E-state index contributed by atoms with van der Waals surface area (Å²) < 4.78 is 10.9. The van der Waals surface area contributed by atoms with Crippen LogP contribution >= 0.6 is 0 Å². The van der Waals surface area contributed by atoms with Gasteiger partial charge in [0.2, 0.25) is 0 Å². The summed E-state index contributed by atoms with van der Waals surface area (Å²) >= 11 is 0. The first kappa shape index (κ1) is 15.4. The van der Waals surface area contributed by atoms with Gasteiger partial charge in [0.1, 0.15) is 0 Å². The Morgan fingerprint density at radius 1 is 1.05 bits per heavy atom. The van der Waals surface area contributed by atoms with Crippen molar-refractivity contribution < 1.29 is 9.47 Å². The van der Waals surface area contributed by atoms with Crippen LogP contribution in [0.2, 0.25) is 0 Å². The molecule has 112 valence electrons. The number of hydrogen-bond donors (Lipinski definition) is 1. The fraction of sp³-hybridized carbons (Fsp3) is 0.333. The van der Waals surface area contributed by atoms with E-state index in [2.05, 4.69) is 42.6 Å². The summed E-state index contributed by atoms with van der Waals surface area (Å²) in [7, 11) is 1.66. The van der Waals surface area contributed by atoms with E-state index in [1.54, 1.807) is 7.11 Å². The molecule has 2 aromatic carbocycles. The van der Waals surface area contributed by atoms with Crippen molar-refractivity contribution in [2.24, 2.45) is 0 Å². The van der Waals surface area contributed by atoms with Crippen molar-refractivity contribution in [3.05, 3.63) is 59.7 Å². The van der Waals surface area contributed by atoms with Gasteiger partial charge < -0.3 is 14.8 Å². The molecule has 1 N–H and O–H groups in total. The average molecular weight is 285 g/mol. The molecule has 1 unspecified atom stereocenters. The van der Waals surface area contributed by atoms with Gasteiger partial charge in [0.25, 0.3) is 0 Å². The number of benzene rings is 2. The third-order valence-corrected chi connectivity index (χ3v) is 3.44. The van der Waals surface area contributed by atoms with Gasteiger partial charge in [0.15, 0.2) is 11.5 Å². The second-order valence-corrected chi connectivity index (χ2v) is 4.93. The zero-order chi connectivity index (χ0) is 15.1. The molecule has 0 aliphatic carbocycles. The molecular formula is C18H23NO2. The maximum absolute atomic E-state index is 5.61. The molecule has 1 atom stereocenters. The Kier molecular flexibility index (Phi) is 5.64. The van der Waals surface area contributed by atoms with Crippen LogP contribution in [0.1, 0.15) is 31.0 Å². The van der Waals surface area contributed by atoms with Crippen molar-refractivity contribution in [2.45, 2.75) is 26.4 Å². The van der Waals surface area contributed by atoms with Crippen molar-refractivity contribution >= 4 is 0 Å². The van der Waals surface area contributed by atoms with Crippen LogP contribution in [0, 0.1) is 0 Å². The fourth-order valence-electron chi connectivity index (χ4n) is 2.23. The van der Waals surface area contributed by atoms with Gasteiger partial charge in [-0.2, -0.15) is 0 Å². The third-order valence-electron chi connectivity index (χ3n) is 3.44. The van der Waals surface area contributed by atoms with Gasteiger partial charge in [-0.3, -0.25) is 0 Å². The Morgan fingerprint density at radius 2 is 1.81 bits per heavy atom. The molecule has 0 amide bonds. The van der Waals surface area contributed by atoms with Crippen LogP contribution in [0.3, 0.4) is 0 Å². The van der Waals surface area contributed by atoms with Gasteiger partial charge in [0.05, 0.1) is 13.7 Å².